The summed E-state index contributed by atoms with van der Waals surface area (Å²) in [7, 11) is -1.10. The Morgan fingerprint density at radius 1 is 1.29 bits per heavy atom. The molecule has 7 heteroatoms. The second kappa shape index (κ2) is 3.81. The Kier molecular flexibility index (Phi) is 2.92. The largest absolute Gasteiger partial charge is 0.481 e. The summed E-state index contributed by atoms with van der Waals surface area (Å²) in [5.74, 6) is 0.182. The minimum atomic E-state index is -3.81. The van der Waals surface area contributed by atoms with Crippen molar-refractivity contribution in [3.63, 3.8) is 0 Å². The number of sulfonamides is 1. The highest BCUT2D eigenvalue weighted by atomic mass is 32.2. The molecule has 0 aromatic carbocycles. The lowest BCUT2D eigenvalue weighted by Gasteiger charge is -2.06. The Morgan fingerprint density at radius 3 is 2.36 bits per heavy atom. The summed E-state index contributed by atoms with van der Waals surface area (Å²) in [5.41, 5.74) is 0. The zero-order valence-corrected chi connectivity index (χ0v) is 8.54. The normalized spacial score (nSPS) is 11.1. The van der Waals surface area contributed by atoms with Crippen LogP contribution in [-0.4, -0.2) is 27.6 Å². The molecule has 1 heterocycles. The summed E-state index contributed by atoms with van der Waals surface area (Å²) in [6.45, 7) is 0. The highest BCUT2D eigenvalue weighted by Gasteiger charge is 2.16. The number of hydrogen-bond acceptors (Lipinski definition) is 5. The van der Waals surface area contributed by atoms with E-state index in [0.29, 0.717) is 0 Å². The van der Waals surface area contributed by atoms with E-state index in [2.05, 4.69) is 4.98 Å². The molecule has 0 aliphatic rings. The van der Waals surface area contributed by atoms with Gasteiger partial charge < -0.3 is 9.47 Å². The number of aromatic nitrogens is 1. The smallest absolute Gasteiger partial charge is 0.243 e. The second-order valence-corrected chi connectivity index (χ2v) is 3.94. The maximum absolute atomic E-state index is 11.0. The average molecular weight is 218 g/mol. The lowest BCUT2D eigenvalue weighted by atomic mass is 10.5. The maximum Gasteiger partial charge on any atom is 0.243 e. The van der Waals surface area contributed by atoms with E-state index in [-0.39, 0.29) is 16.7 Å². The fourth-order valence-corrected chi connectivity index (χ4v) is 1.52. The van der Waals surface area contributed by atoms with Crippen molar-refractivity contribution < 1.29 is 17.9 Å². The molecule has 0 spiro atoms. The van der Waals surface area contributed by atoms with Gasteiger partial charge in [-0.05, 0) is 6.07 Å². The third-order valence-electron chi connectivity index (χ3n) is 1.51. The van der Waals surface area contributed by atoms with Gasteiger partial charge in [-0.15, -0.1) is 0 Å². The second-order valence-electron chi connectivity index (χ2n) is 2.41. The molecule has 0 bridgehead atoms. The molecule has 2 N–H and O–H groups in total. The fourth-order valence-electron chi connectivity index (χ4n) is 0.887. The number of rotatable bonds is 3. The number of primary sulfonamides is 1. The molecular formula is C7H10N2O4S. The summed E-state index contributed by atoms with van der Waals surface area (Å²) in [4.78, 5) is 3.61. The van der Waals surface area contributed by atoms with Crippen LogP contribution in [0.3, 0.4) is 0 Å². The van der Waals surface area contributed by atoms with Crippen molar-refractivity contribution in [2.45, 2.75) is 4.90 Å². The molecule has 0 aliphatic heterocycles. The molecule has 0 saturated carbocycles. The monoisotopic (exact) mass is 218 g/mol. The molecule has 1 aromatic rings. The van der Waals surface area contributed by atoms with E-state index in [4.69, 9.17) is 14.6 Å². The van der Waals surface area contributed by atoms with Crippen molar-refractivity contribution in [3.05, 3.63) is 12.1 Å². The molecule has 0 saturated heterocycles. The van der Waals surface area contributed by atoms with Gasteiger partial charge in [0.25, 0.3) is 0 Å². The average Bonchev–Trinajstić information content (AvgIpc) is 2.15. The number of hydrogen-bond donors (Lipinski definition) is 1. The van der Waals surface area contributed by atoms with Gasteiger partial charge in [0.2, 0.25) is 21.8 Å². The number of nitrogens with two attached hydrogens (primary N) is 1. The van der Waals surface area contributed by atoms with Crippen LogP contribution in [0.2, 0.25) is 0 Å². The van der Waals surface area contributed by atoms with Crippen molar-refractivity contribution in [3.8, 4) is 11.8 Å². The van der Waals surface area contributed by atoms with E-state index >= 15 is 0 Å². The number of methoxy groups -OCH3 is 2. The van der Waals surface area contributed by atoms with Gasteiger partial charge in [0.1, 0.15) is 4.90 Å². The quantitative estimate of drug-likeness (QED) is 0.755. The Labute approximate surface area is 81.7 Å². The summed E-state index contributed by atoms with van der Waals surface area (Å²) >= 11 is 0. The van der Waals surface area contributed by atoms with Crippen molar-refractivity contribution in [1.82, 2.24) is 4.98 Å². The number of ether oxygens (including phenoxy) is 2. The lowest BCUT2D eigenvalue weighted by molar-refractivity contribution is 0.356. The Bertz CT molecular complexity index is 429. The molecule has 6 nitrogen and oxygen atoms in total. The van der Waals surface area contributed by atoms with Gasteiger partial charge in [-0.25, -0.2) is 13.6 Å². The lowest BCUT2D eigenvalue weighted by Crippen LogP contribution is -2.14. The van der Waals surface area contributed by atoms with Gasteiger partial charge >= 0.3 is 0 Å². The zero-order valence-electron chi connectivity index (χ0n) is 7.72. The van der Waals surface area contributed by atoms with Crippen molar-refractivity contribution in [2.75, 3.05) is 14.2 Å². The molecule has 0 unspecified atom stereocenters. The first-order valence-corrected chi connectivity index (χ1v) is 5.15. The molecule has 1 rings (SSSR count). The third kappa shape index (κ3) is 2.12. The van der Waals surface area contributed by atoms with Crippen molar-refractivity contribution in [2.24, 2.45) is 5.14 Å². The van der Waals surface area contributed by atoms with Crippen LogP contribution in [0.1, 0.15) is 0 Å². The summed E-state index contributed by atoms with van der Waals surface area (Å²) in [5, 5.41) is 4.94. The summed E-state index contributed by atoms with van der Waals surface area (Å²) < 4.78 is 31.6. The van der Waals surface area contributed by atoms with Gasteiger partial charge in [0, 0.05) is 6.07 Å². The SMILES string of the molecule is COc1ccc(S(N)(=O)=O)c(OC)n1. The molecule has 0 radical (unpaired) electrons. The van der Waals surface area contributed by atoms with Crippen LogP contribution in [-0.2, 0) is 10.0 Å². The van der Waals surface area contributed by atoms with E-state index in [1.165, 1.54) is 26.4 Å². The first-order chi connectivity index (χ1) is 6.49. The van der Waals surface area contributed by atoms with E-state index in [0.717, 1.165) is 0 Å². The number of nitrogens with zero attached hydrogens (tertiary/aromatic N) is 1. The van der Waals surface area contributed by atoms with Crippen LogP contribution in [0, 0.1) is 0 Å². The first-order valence-electron chi connectivity index (χ1n) is 3.61. The number of pyridine rings is 1. The summed E-state index contributed by atoms with van der Waals surface area (Å²) in [6, 6.07) is 2.67. The minimum absolute atomic E-state index is 0.0770. The Balaban J connectivity index is 3.33. The Hall–Kier alpha value is -1.34. The highest BCUT2D eigenvalue weighted by molar-refractivity contribution is 7.89. The van der Waals surface area contributed by atoms with E-state index in [9.17, 15) is 8.42 Å². The highest BCUT2D eigenvalue weighted by Crippen LogP contribution is 2.22. The molecule has 0 amide bonds. The van der Waals surface area contributed by atoms with Crippen molar-refractivity contribution >= 4 is 10.0 Å². The standard InChI is InChI=1S/C7H10N2O4S/c1-12-6-4-3-5(14(8,10)11)7(9-6)13-2/h3-4H,1-2H3,(H2,8,10,11). The van der Waals surface area contributed by atoms with Gasteiger partial charge in [-0.2, -0.15) is 4.98 Å². The van der Waals surface area contributed by atoms with Crippen LogP contribution in [0.5, 0.6) is 11.8 Å². The van der Waals surface area contributed by atoms with Crippen molar-refractivity contribution in [1.29, 1.82) is 0 Å². The van der Waals surface area contributed by atoms with Gasteiger partial charge in [-0.3, -0.25) is 0 Å². The first kappa shape index (κ1) is 10.7. The van der Waals surface area contributed by atoms with Gasteiger partial charge in [-0.1, -0.05) is 0 Å². The minimum Gasteiger partial charge on any atom is -0.481 e. The van der Waals surface area contributed by atoms with E-state index in [1.54, 1.807) is 0 Å². The molecule has 0 atom stereocenters. The van der Waals surface area contributed by atoms with Gasteiger partial charge in [0.15, 0.2) is 0 Å². The Morgan fingerprint density at radius 2 is 1.93 bits per heavy atom. The molecule has 78 valence electrons. The molecule has 0 fully saturated rings. The van der Waals surface area contributed by atoms with Crippen LogP contribution in [0.4, 0.5) is 0 Å². The van der Waals surface area contributed by atoms with Crippen LogP contribution in [0.15, 0.2) is 17.0 Å². The van der Waals surface area contributed by atoms with E-state index in [1.807, 2.05) is 0 Å². The predicted molar refractivity (Wildman–Crippen MR) is 48.7 cm³/mol. The molecular weight excluding hydrogens is 208 g/mol. The molecule has 14 heavy (non-hydrogen) atoms. The van der Waals surface area contributed by atoms with Crippen LogP contribution in [0.25, 0.3) is 0 Å². The third-order valence-corrected chi connectivity index (χ3v) is 2.43. The maximum atomic E-state index is 11.0. The van der Waals surface area contributed by atoms with Crippen LogP contribution >= 0.6 is 0 Å². The zero-order chi connectivity index (χ0) is 10.8. The van der Waals surface area contributed by atoms with Gasteiger partial charge in [0.05, 0.1) is 14.2 Å². The topological polar surface area (TPSA) is 91.5 Å². The fraction of sp³-hybridized carbons (Fsp3) is 0.286. The molecule has 1 aromatic heterocycles. The summed E-state index contributed by atoms with van der Waals surface area (Å²) in [6.07, 6.45) is 0. The molecule has 0 aliphatic carbocycles. The predicted octanol–water partition coefficient (Wildman–Crippen LogP) is -0.254. The van der Waals surface area contributed by atoms with Crippen LogP contribution < -0.4 is 14.6 Å². The van der Waals surface area contributed by atoms with E-state index < -0.39 is 10.0 Å².